The molecule has 0 unspecified atom stereocenters. The molecule has 0 aromatic heterocycles. The molecule has 0 saturated heterocycles. The minimum Gasteiger partial charge on any atom is -0.478 e. The third kappa shape index (κ3) is 8.65. The van der Waals surface area contributed by atoms with E-state index in [9.17, 15) is 18.0 Å². The average molecular weight is 236 g/mol. The fourth-order valence-electron chi connectivity index (χ4n) is 0.685. The lowest BCUT2D eigenvalue weighted by Crippen LogP contribution is -2.07. The molecule has 0 atom stereocenters. The van der Waals surface area contributed by atoms with Gasteiger partial charge in [-0.2, -0.15) is 8.42 Å². The number of rotatable bonds is 5. The van der Waals surface area contributed by atoms with Gasteiger partial charge in [-0.3, -0.25) is 4.55 Å². The fourth-order valence-corrected chi connectivity index (χ4v) is 1.29. The molecule has 7 nitrogen and oxygen atoms in total. The Morgan fingerprint density at radius 2 is 1.60 bits per heavy atom. The summed E-state index contributed by atoms with van der Waals surface area (Å²) in [5, 5.41) is 16.5. The van der Waals surface area contributed by atoms with Gasteiger partial charge in [-0.05, 0) is 5.57 Å². The molecule has 0 rings (SSSR count). The molecule has 84 valence electrons. The van der Waals surface area contributed by atoms with E-state index in [0.717, 1.165) is 6.08 Å². The quantitative estimate of drug-likeness (QED) is 0.334. The van der Waals surface area contributed by atoms with Crippen LogP contribution < -0.4 is 0 Å². The third-order valence-electron chi connectivity index (χ3n) is 1.10. The second-order valence-corrected chi connectivity index (χ2v) is 3.91. The highest BCUT2D eigenvalue weighted by Gasteiger charge is 2.08. The van der Waals surface area contributed by atoms with Crippen molar-refractivity contribution < 1.29 is 32.8 Å². The van der Waals surface area contributed by atoms with Gasteiger partial charge in [0.2, 0.25) is 0 Å². The first kappa shape index (κ1) is 13.3. The van der Waals surface area contributed by atoms with Crippen molar-refractivity contribution in [1.82, 2.24) is 0 Å². The van der Waals surface area contributed by atoms with Gasteiger partial charge in [-0.25, -0.2) is 9.59 Å². The van der Waals surface area contributed by atoms with Crippen LogP contribution in [0.25, 0.3) is 0 Å². The summed E-state index contributed by atoms with van der Waals surface area (Å²) in [6.45, 7) is 0. The number of hydrogen-bond acceptors (Lipinski definition) is 4. The summed E-state index contributed by atoms with van der Waals surface area (Å²) in [7, 11) is -4.39. The van der Waals surface area contributed by atoms with E-state index in [1.165, 1.54) is 0 Å². The number of allylic oxidation sites excluding steroid dienone is 1. The summed E-state index contributed by atoms with van der Waals surface area (Å²) < 4.78 is 29.2. The molecule has 0 aliphatic rings. The standard InChI is InChI=1S/C7H8O7S/c8-6(9)2-1-5(3-7(10)11)4-15(12,13)14/h1-3H,4H2,(H,8,9)(H,10,11)(H,12,13,14). The summed E-state index contributed by atoms with van der Waals surface area (Å²) in [4.78, 5) is 20.3. The van der Waals surface area contributed by atoms with Gasteiger partial charge in [0.05, 0.1) is 0 Å². The van der Waals surface area contributed by atoms with Crippen molar-refractivity contribution >= 4 is 22.1 Å². The van der Waals surface area contributed by atoms with Crippen LogP contribution in [-0.2, 0) is 19.7 Å². The molecule has 0 aliphatic heterocycles. The van der Waals surface area contributed by atoms with E-state index in [-0.39, 0.29) is 5.57 Å². The second-order valence-electron chi connectivity index (χ2n) is 2.46. The number of hydrogen-bond donors (Lipinski definition) is 3. The molecule has 0 aliphatic carbocycles. The molecule has 0 aromatic carbocycles. The van der Waals surface area contributed by atoms with Gasteiger partial charge in [0.15, 0.2) is 0 Å². The van der Waals surface area contributed by atoms with Gasteiger partial charge in [0.1, 0.15) is 5.75 Å². The number of carboxylic acids is 2. The van der Waals surface area contributed by atoms with Gasteiger partial charge < -0.3 is 10.2 Å². The van der Waals surface area contributed by atoms with Gasteiger partial charge in [-0.15, -0.1) is 0 Å². The largest absolute Gasteiger partial charge is 0.478 e. The van der Waals surface area contributed by atoms with E-state index >= 15 is 0 Å². The fraction of sp³-hybridized carbons (Fsp3) is 0.143. The Morgan fingerprint density at radius 3 is 1.93 bits per heavy atom. The first-order valence-corrected chi connectivity index (χ1v) is 5.11. The second kappa shape index (κ2) is 5.27. The zero-order valence-electron chi connectivity index (χ0n) is 7.32. The number of carbonyl (C=O) groups is 2. The lowest BCUT2D eigenvalue weighted by atomic mass is 10.2. The van der Waals surface area contributed by atoms with Gasteiger partial charge >= 0.3 is 11.9 Å². The molecule has 3 N–H and O–H groups in total. The molecule has 0 fully saturated rings. The Labute approximate surface area is 85.1 Å². The van der Waals surface area contributed by atoms with E-state index in [2.05, 4.69) is 0 Å². The molecular formula is C7H8O7S. The molecule has 0 heterocycles. The van der Waals surface area contributed by atoms with E-state index in [1.807, 2.05) is 0 Å². The Kier molecular flexibility index (Phi) is 4.68. The maximum absolute atomic E-state index is 10.4. The molecule has 15 heavy (non-hydrogen) atoms. The SMILES string of the molecule is O=C(O)C=CC(=CC(=O)O)CS(=O)(=O)O. The van der Waals surface area contributed by atoms with Crippen LogP contribution in [0.5, 0.6) is 0 Å². The summed E-state index contributed by atoms with van der Waals surface area (Å²) >= 11 is 0. The number of carboxylic acid groups (broad SMARTS) is 2. The Morgan fingerprint density at radius 1 is 1.07 bits per heavy atom. The zero-order chi connectivity index (χ0) is 12.1. The topological polar surface area (TPSA) is 129 Å². The minimum absolute atomic E-state index is 0.340. The predicted octanol–water partition coefficient (Wildman–Crippen LogP) is -0.474. The Balaban J connectivity index is 4.92. The summed E-state index contributed by atoms with van der Waals surface area (Å²) in [6, 6.07) is 0. The normalized spacial score (nSPS) is 13.0. The monoisotopic (exact) mass is 236 g/mol. The van der Waals surface area contributed by atoms with Crippen molar-refractivity contribution in [3.05, 3.63) is 23.8 Å². The van der Waals surface area contributed by atoms with Crippen LogP contribution in [0.3, 0.4) is 0 Å². The van der Waals surface area contributed by atoms with Crippen molar-refractivity contribution in [3.63, 3.8) is 0 Å². The smallest absolute Gasteiger partial charge is 0.328 e. The zero-order valence-corrected chi connectivity index (χ0v) is 8.14. The van der Waals surface area contributed by atoms with Crippen LogP contribution >= 0.6 is 0 Å². The molecule has 0 saturated carbocycles. The van der Waals surface area contributed by atoms with Crippen LogP contribution in [-0.4, -0.2) is 40.9 Å². The molecule has 0 aromatic rings. The lowest BCUT2D eigenvalue weighted by molar-refractivity contribution is -0.132. The van der Waals surface area contributed by atoms with Crippen molar-refractivity contribution in [2.24, 2.45) is 0 Å². The van der Waals surface area contributed by atoms with E-state index in [0.29, 0.717) is 12.2 Å². The van der Waals surface area contributed by atoms with Crippen LogP contribution in [0.2, 0.25) is 0 Å². The lowest BCUT2D eigenvalue weighted by Gasteiger charge is -1.97. The van der Waals surface area contributed by atoms with Gasteiger partial charge in [0.25, 0.3) is 10.1 Å². The molecule has 0 radical (unpaired) electrons. The maximum Gasteiger partial charge on any atom is 0.328 e. The summed E-state index contributed by atoms with van der Waals surface area (Å²) in [5.74, 6) is -3.76. The highest BCUT2D eigenvalue weighted by atomic mass is 32.2. The van der Waals surface area contributed by atoms with Crippen molar-refractivity contribution in [2.45, 2.75) is 0 Å². The summed E-state index contributed by atoms with van der Waals surface area (Å²) in [5.41, 5.74) is -0.340. The minimum atomic E-state index is -4.39. The third-order valence-corrected chi connectivity index (χ3v) is 1.80. The molecule has 0 amide bonds. The van der Waals surface area contributed by atoms with E-state index in [1.54, 1.807) is 0 Å². The van der Waals surface area contributed by atoms with Crippen molar-refractivity contribution in [1.29, 1.82) is 0 Å². The average Bonchev–Trinajstić information content (AvgIpc) is 1.95. The Bertz CT molecular complexity index is 415. The van der Waals surface area contributed by atoms with Gasteiger partial charge in [-0.1, -0.05) is 6.08 Å². The first-order chi connectivity index (χ1) is 6.70. The number of aliphatic carboxylic acids is 2. The van der Waals surface area contributed by atoms with E-state index in [4.69, 9.17) is 14.8 Å². The molecule has 0 spiro atoms. The Hall–Kier alpha value is -1.67. The van der Waals surface area contributed by atoms with Crippen LogP contribution in [0, 0.1) is 0 Å². The molecule has 8 heteroatoms. The van der Waals surface area contributed by atoms with Crippen LogP contribution in [0.1, 0.15) is 0 Å². The van der Waals surface area contributed by atoms with Crippen molar-refractivity contribution in [2.75, 3.05) is 5.75 Å². The molecule has 0 bridgehead atoms. The maximum atomic E-state index is 10.4. The highest BCUT2D eigenvalue weighted by Crippen LogP contribution is 2.01. The van der Waals surface area contributed by atoms with Crippen molar-refractivity contribution in [3.8, 4) is 0 Å². The molecular weight excluding hydrogens is 228 g/mol. The van der Waals surface area contributed by atoms with Gasteiger partial charge in [0, 0.05) is 12.2 Å². The van der Waals surface area contributed by atoms with E-state index < -0.39 is 27.8 Å². The predicted molar refractivity (Wildman–Crippen MR) is 48.9 cm³/mol. The highest BCUT2D eigenvalue weighted by molar-refractivity contribution is 7.86. The van der Waals surface area contributed by atoms with Crippen LogP contribution in [0.4, 0.5) is 0 Å². The summed E-state index contributed by atoms with van der Waals surface area (Å²) in [6.07, 6.45) is 1.84. The van der Waals surface area contributed by atoms with Crippen LogP contribution in [0.15, 0.2) is 23.8 Å². The first-order valence-electron chi connectivity index (χ1n) is 3.50.